The summed E-state index contributed by atoms with van der Waals surface area (Å²) in [7, 11) is 0. The van der Waals surface area contributed by atoms with Gasteiger partial charge in [-0.2, -0.15) is 14.6 Å². The van der Waals surface area contributed by atoms with Crippen LogP contribution in [0.15, 0.2) is 94.8 Å². The molecule has 0 aliphatic heterocycles. The van der Waals surface area contributed by atoms with Crippen LogP contribution in [0.25, 0.3) is 32.9 Å². The van der Waals surface area contributed by atoms with Crippen LogP contribution in [0, 0.1) is 22.9 Å². The quantitative estimate of drug-likeness (QED) is 0.141. The number of nitrogens with two attached hydrogens (primary N) is 1. The average molecular weight is 673 g/mol. The van der Waals surface area contributed by atoms with Gasteiger partial charge in [0.1, 0.15) is 38.9 Å². The second-order valence-electron chi connectivity index (χ2n) is 9.82. The standard InChI is InChI=1S/C17H11F2N5OS.C14H12FN5S/c18-11-4-2-1-3-10(11)9-24-14(17-20-5-6-26-17)7-13(23-24)15-21-8-12(19)16(25)22-15;15-10-4-2-1-3-9(10)8-20-12(14-18-5-6-21-14)7-11(19-20)13(16)17/h1-8H,9H2,(H,21,22,25);1-7H,8H2,(H3,16,17). The van der Waals surface area contributed by atoms with Crippen molar-refractivity contribution in [3.05, 3.63) is 135 Å². The number of rotatable bonds is 8. The summed E-state index contributed by atoms with van der Waals surface area (Å²) in [6, 6.07) is 16.3. The summed E-state index contributed by atoms with van der Waals surface area (Å²) >= 11 is 2.85. The summed E-state index contributed by atoms with van der Waals surface area (Å²) in [5.74, 6) is -1.60. The fourth-order valence-electron chi connectivity index (χ4n) is 4.45. The van der Waals surface area contributed by atoms with E-state index in [1.807, 2.05) is 10.8 Å². The Balaban J connectivity index is 0.000000168. The van der Waals surface area contributed by atoms with Crippen LogP contribution in [0.5, 0.6) is 0 Å². The van der Waals surface area contributed by atoms with E-state index in [0.717, 1.165) is 16.9 Å². The third-order valence-corrected chi connectivity index (χ3v) is 8.28. The first kappa shape index (κ1) is 31.3. The van der Waals surface area contributed by atoms with Crippen molar-refractivity contribution in [1.82, 2.24) is 39.5 Å². The average Bonchev–Trinajstić information content (AvgIpc) is 3.88. The Morgan fingerprint density at radius 2 is 1.34 bits per heavy atom. The summed E-state index contributed by atoms with van der Waals surface area (Å²) in [6.07, 6.45) is 4.18. The van der Waals surface area contributed by atoms with Crippen molar-refractivity contribution in [1.29, 1.82) is 5.41 Å². The number of H-pyrrole nitrogens is 1. The number of halogens is 3. The third-order valence-electron chi connectivity index (χ3n) is 6.69. The number of hydrogen-bond acceptors (Lipinski definition) is 9. The molecule has 0 bridgehead atoms. The topological polar surface area (TPSA) is 157 Å². The van der Waals surface area contributed by atoms with Gasteiger partial charge < -0.3 is 10.7 Å². The molecule has 0 saturated heterocycles. The van der Waals surface area contributed by atoms with Crippen LogP contribution in [-0.4, -0.2) is 45.3 Å². The number of nitrogens with zero attached hydrogens (tertiary/aromatic N) is 7. The van der Waals surface area contributed by atoms with Crippen LogP contribution in [0.1, 0.15) is 16.8 Å². The molecular formula is C31H23F3N10OS2. The molecule has 0 spiro atoms. The van der Waals surface area contributed by atoms with Gasteiger partial charge >= 0.3 is 0 Å². The van der Waals surface area contributed by atoms with Gasteiger partial charge in [0.25, 0.3) is 5.56 Å². The van der Waals surface area contributed by atoms with E-state index >= 15 is 0 Å². The van der Waals surface area contributed by atoms with E-state index in [-0.39, 0.29) is 36.4 Å². The van der Waals surface area contributed by atoms with Gasteiger partial charge in [-0.15, -0.1) is 22.7 Å². The highest BCUT2D eigenvalue weighted by molar-refractivity contribution is 7.13. The van der Waals surface area contributed by atoms with Crippen LogP contribution in [0.2, 0.25) is 0 Å². The summed E-state index contributed by atoms with van der Waals surface area (Å²) in [5, 5.41) is 21.3. The van der Waals surface area contributed by atoms with E-state index in [0.29, 0.717) is 33.2 Å². The Morgan fingerprint density at radius 1 is 0.787 bits per heavy atom. The maximum atomic E-state index is 14.0. The van der Waals surface area contributed by atoms with E-state index in [2.05, 4.69) is 30.1 Å². The van der Waals surface area contributed by atoms with Gasteiger partial charge in [-0.25, -0.2) is 23.7 Å². The molecule has 0 atom stereocenters. The Morgan fingerprint density at radius 3 is 1.85 bits per heavy atom. The summed E-state index contributed by atoms with van der Waals surface area (Å²) in [6.45, 7) is 0.432. The molecule has 236 valence electrons. The third kappa shape index (κ3) is 7.08. The highest BCUT2D eigenvalue weighted by atomic mass is 32.1. The predicted octanol–water partition coefficient (Wildman–Crippen LogP) is 5.56. The number of aromatic nitrogens is 8. The van der Waals surface area contributed by atoms with Gasteiger partial charge in [-0.3, -0.25) is 19.6 Å². The zero-order chi connectivity index (χ0) is 32.9. The van der Waals surface area contributed by atoms with Gasteiger partial charge in [-0.05, 0) is 24.3 Å². The highest BCUT2D eigenvalue weighted by Gasteiger charge is 2.17. The molecular weight excluding hydrogens is 650 g/mol. The van der Waals surface area contributed by atoms with Crippen LogP contribution in [0.3, 0.4) is 0 Å². The zero-order valence-corrected chi connectivity index (χ0v) is 25.8. The fourth-order valence-corrected chi connectivity index (χ4v) is 5.77. The van der Waals surface area contributed by atoms with Gasteiger partial charge in [0.15, 0.2) is 5.82 Å². The van der Waals surface area contributed by atoms with Crippen molar-refractivity contribution in [2.45, 2.75) is 13.1 Å². The molecule has 0 aliphatic rings. The monoisotopic (exact) mass is 672 g/mol. The molecule has 47 heavy (non-hydrogen) atoms. The van der Waals surface area contributed by atoms with E-state index in [4.69, 9.17) is 11.1 Å². The van der Waals surface area contributed by atoms with Gasteiger partial charge in [0.05, 0.1) is 30.7 Å². The minimum atomic E-state index is -0.973. The fraction of sp³-hybridized carbons (Fsp3) is 0.0645. The van der Waals surface area contributed by atoms with Crippen LogP contribution in [-0.2, 0) is 13.1 Å². The molecule has 5 aromatic heterocycles. The first-order valence-electron chi connectivity index (χ1n) is 13.8. The number of hydrogen-bond donors (Lipinski definition) is 3. The summed E-state index contributed by atoms with van der Waals surface area (Å²) in [5.41, 5.74) is 7.65. The lowest BCUT2D eigenvalue weighted by Gasteiger charge is -2.06. The van der Waals surface area contributed by atoms with E-state index in [1.165, 1.54) is 34.8 Å². The minimum Gasteiger partial charge on any atom is -0.382 e. The molecule has 0 unspecified atom stereocenters. The Labute approximate surface area is 272 Å². The lowest BCUT2D eigenvalue weighted by Crippen LogP contribution is -2.13. The molecule has 0 saturated carbocycles. The second kappa shape index (κ2) is 13.7. The number of aromatic amines is 1. The predicted molar refractivity (Wildman–Crippen MR) is 172 cm³/mol. The first-order chi connectivity index (χ1) is 22.8. The number of nitrogens with one attached hydrogen (secondary N) is 2. The van der Waals surface area contributed by atoms with Gasteiger partial charge in [0, 0.05) is 34.3 Å². The molecule has 0 radical (unpaired) electrons. The van der Waals surface area contributed by atoms with Crippen LogP contribution in [0.4, 0.5) is 13.2 Å². The van der Waals surface area contributed by atoms with Crippen LogP contribution >= 0.6 is 22.7 Å². The van der Waals surface area contributed by atoms with Gasteiger partial charge in [-0.1, -0.05) is 36.4 Å². The number of thiazole rings is 2. The molecule has 0 fully saturated rings. The van der Waals surface area contributed by atoms with Crippen LogP contribution < -0.4 is 11.3 Å². The SMILES string of the molecule is N=C(N)c1cc(-c2nccs2)n(Cc2ccccc2F)n1.O=c1[nH]c(-c2cc(-c3nccs3)n(Cc3ccccc3F)n2)ncc1F. The normalized spacial score (nSPS) is 10.9. The van der Waals surface area contributed by atoms with E-state index in [9.17, 15) is 18.0 Å². The van der Waals surface area contributed by atoms with Crippen molar-refractivity contribution in [2.75, 3.05) is 0 Å². The maximum absolute atomic E-state index is 14.0. The molecule has 5 heterocycles. The zero-order valence-electron chi connectivity index (χ0n) is 24.1. The second-order valence-corrected chi connectivity index (χ2v) is 11.6. The van der Waals surface area contributed by atoms with E-state index in [1.54, 1.807) is 70.3 Å². The Kier molecular flexibility index (Phi) is 9.12. The number of benzene rings is 2. The van der Waals surface area contributed by atoms with Crippen molar-refractivity contribution in [3.63, 3.8) is 0 Å². The molecule has 4 N–H and O–H groups in total. The van der Waals surface area contributed by atoms with Gasteiger partial charge in [0.2, 0.25) is 5.82 Å². The molecule has 11 nitrogen and oxygen atoms in total. The molecule has 0 amide bonds. The summed E-state index contributed by atoms with van der Waals surface area (Å²) in [4.78, 5) is 26.2. The lowest BCUT2D eigenvalue weighted by molar-refractivity contribution is 0.586. The van der Waals surface area contributed by atoms with E-state index < -0.39 is 11.4 Å². The number of nitrogen functional groups attached to an aromatic ring is 1. The molecule has 7 rings (SSSR count). The molecule has 2 aromatic carbocycles. The van der Waals surface area contributed by atoms with Crippen molar-refractivity contribution >= 4 is 28.5 Å². The highest BCUT2D eigenvalue weighted by Crippen LogP contribution is 2.27. The van der Waals surface area contributed by atoms with Crippen molar-refractivity contribution in [3.8, 4) is 32.9 Å². The molecule has 0 aliphatic carbocycles. The number of amidine groups is 1. The summed E-state index contributed by atoms with van der Waals surface area (Å²) < 4.78 is 44.2. The Hall–Kier alpha value is -5.74. The maximum Gasteiger partial charge on any atom is 0.287 e. The Bertz CT molecular complexity index is 2210. The first-order valence-corrected chi connectivity index (χ1v) is 15.5. The molecule has 16 heteroatoms. The van der Waals surface area contributed by atoms with Crippen molar-refractivity contribution in [2.24, 2.45) is 5.73 Å². The largest absolute Gasteiger partial charge is 0.382 e. The molecule has 7 aromatic rings. The minimum absolute atomic E-state index is 0.125. The smallest absolute Gasteiger partial charge is 0.287 e. The van der Waals surface area contributed by atoms with Crippen molar-refractivity contribution < 1.29 is 13.2 Å². The lowest BCUT2D eigenvalue weighted by atomic mass is 10.2.